The van der Waals surface area contributed by atoms with E-state index in [1.54, 1.807) is 0 Å². The van der Waals surface area contributed by atoms with E-state index in [-0.39, 0.29) is 5.92 Å². The van der Waals surface area contributed by atoms with Crippen molar-refractivity contribution in [3.8, 4) is 0 Å². The first-order valence-electron chi connectivity index (χ1n) is 10.8. The summed E-state index contributed by atoms with van der Waals surface area (Å²) in [5.74, 6) is 3.00. The lowest BCUT2D eigenvalue weighted by atomic mass is 9.73. The molecule has 0 spiro atoms. The number of rotatable bonds is 2. The van der Waals surface area contributed by atoms with Gasteiger partial charge in [0, 0.05) is 25.2 Å². The minimum atomic E-state index is 0.190. The van der Waals surface area contributed by atoms with Crippen LogP contribution < -0.4 is 0 Å². The van der Waals surface area contributed by atoms with Crippen molar-refractivity contribution >= 4 is 11.6 Å². The van der Waals surface area contributed by atoms with Gasteiger partial charge in [0.15, 0.2) is 0 Å². The Balaban J connectivity index is 0.000000151. The number of benzene rings is 1. The number of Topliss-reactive ketones (excluding diaryl/α,β-unsaturated/α-hetero) is 2. The highest BCUT2D eigenvalue weighted by molar-refractivity contribution is 5.86. The van der Waals surface area contributed by atoms with Crippen LogP contribution in [-0.4, -0.2) is 11.6 Å². The molecule has 0 saturated heterocycles. The summed E-state index contributed by atoms with van der Waals surface area (Å²) < 4.78 is 0. The summed E-state index contributed by atoms with van der Waals surface area (Å²) in [7, 11) is 0. The van der Waals surface area contributed by atoms with Crippen molar-refractivity contribution in [2.75, 3.05) is 0 Å². The number of carbonyl (C=O) groups is 2. The molecular formula is C24H34O2. The fourth-order valence-electron chi connectivity index (χ4n) is 5.06. The third-order valence-corrected chi connectivity index (χ3v) is 6.66. The van der Waals surface area contributed by atoms with Crippen LogP contribution in [0, 0.1) is 11.8 Å². The van der Waals surface area contributed by atoms with Crippen LogP contribution in [0.25, 0.3) is 0 Å². The van der Waals surface area contributed by atoms with E-state index in [0.717, 1.165) is 43.9 Å². The first-order valence-corrected chi connectivity index (χ1v) is 10.8. The van der Waals surface area contributed by atoms with E-state index in [1.165, 1.54) is 56.9 Å². The van der Waals surface area contributed by atoms with Gasteiger partial charge in [0.2, 0.25) is 0 Å². The largest absolute Gasteiger partial charge is 0.300 e. The second-order valence-electron chi connectivity index (χ2n) is 8.45. The fourth-order valence-corrected chi connectivity index (χ4v) is 5.06. The van der Waals surface area contributed by atoms with Gasteiger partial charge in [0.1, 0.15) is 11.6 Å². The highest BCUT2D eigenvalue weighted by Crippen LogP contribution is 2.37. The van der Waals surface area contributed by atoms with E-state index >= 15 is 0 Å². The fraction of sp³-hybridized carbons (Fsp3) is 0.667. The van der Waals surface area contributed by atoms with Crippen LogP contribution in [0.15, 0.2) is 30.3 Å². The lowest BCUT2D eigenvalue weighted by Gasteiger charge is -2.32. The molecule has 0 radical (unpaired) electrons. The van der Waals surface area contributed by atoms with Gasteiger partial charge in [0.05, 0.1) is 0 Å². The van der Waals surface area contributed by atoms with E-state index in [2.05, 4.69) is 12.1 Å². The summed E-state index contributed by atoms with van der Waals surface area (Å²) in [5.41, 5.74) is 1.20. The second kappa shape index (κ2) is 10.0. The molecule has 1 unspecified atom stereocenters. The third-order valence-electron chi connectivity index (χ3n) is 6.66. The first-order chi connectivity index (χ1) is 12.7. The van der Waals surface area contributed by atoms with Crippen LogP contribution in [0.1, 0.15) is 95.0 Å². The lowest BCUT2D eigenvalue weighted by molar-refractivity contribution is -0.122. The third kappa shape index (κ3) is 5.53. The zero-order chi connectivity index (χ0) is 18.2. The van der Waals surface area contributed by atoms with Gasteiger partial charge in [-0.1, -0.05) is 68.9 Å². The Labute approximate surface area is 158 Å². The van der Waals surface area contributed by atoms with E-state index in [4.69, 9.17) is 0 Å². The minimum absolute atomic E-state index is 0.190. The predicted octanol–water partition coefficient (Wildman–Crippen LogP) is 6.24. The van der Waals surface area contributed by atoms with E-state index in [9.17, 15) is 9.59 Å². The monoisotopic (exact) mass is 354 g/mol. The molecule has 142 valence electrons. The summed E-state index contributed by atoms with van der Waals surface area (Å²) in [6, 6.07) is 10.1. The zero-order valence-corrected chi connectivity index (χ0v) is 16.1. The summed E-state index contributed by atoms with van der Waals surface area (Å²) >= 11 is 0. The average molecular weight is 355 g/mol. The van der Waals surface area contributed by atoms with Gasteiger partial charge in [-0.2, -0.15) is 0 Å². The van der Waals surface area contributed by atoms with Crippen molar-refractivity contribution in [3.63, 3.8) is 0 Å². The Hall–Kier alpha value is -1.44. The predicted molar refractivity (Wildman–Crippen MR) is 106 cm³/mol. The molecule has 0 bridgehead atoms. The molecule has 4 rings (SSSR count). The van der Waals surface area contributed by atoms with Crippen LogP contribution >= 0.6 is 0 Å². The summed E-state index contributed by atoms with van der Waals surface area (Å²) in [6.07, 6.45) is 15.5. The summed E-state index contributed by atoms with van der Waals surface area (Å²) in [5, 5.41) is 0. The molecule has 1 atom stereocenters. The van der Waals surface area contributed by atoms with Crippen molar-refractivity contribution in [1.29, 1.82) is 0 Å². The smallest absolute Gasteiger partial charge is 0.140 e. The van der Waals surface area contributed by atoms with E-state index < -0.39 is 0 Å². The summed E-state index contributed by atoms with van der Waals surface area (Å²) in [6.45, 7) is 0. The van der Waals surface area contributed by atoms with Crippen molar-refractivity contribution in [3.05, 3.63) is 35.9 Å². The van der Waals surface area contributed by atoms with Crippen LogP contribution in [-0.2, 0) is 9.59 Å². The molecule has 3 aliphatic rings. The molecule has 3 saturated carbocycles. The average Bonchev–Trinajstić information content (AvgIpc) is 2.71. The maximum atomic E-state index is 11.6. The molecule has 3 fully saturated rings. The number of hydrogen-bond donors (Lipinski definition) is 0. The highest BCUT2D eigenvalue weighted by Gasteiger charge is 2.27. The quantitative estimate of drug-likeness (QED) is 0.630. The molecule has 0 N–H and O–H groups in total. The normalized spacial score (nSPS) is 25.5. The van der Waals surface area contributed by atoms with Gasteiger partial charge in [-0.15, -0.1) is 0 Å². The maximum Gasteiger partial charge on any atom is 0.140 e. The van der Waals surface area contributed by atoms with Crippen molar-refractivity contribution in [1.82, 2.24) is 0 Å². The Bertz CT molecular complexity index is 561. The number of carbonyl (C=O) groups excluding carboxylic acids is 2. The molecule has 3 aliphatic carbocycles. The standard InChI is InChI=1S/C12H14O.C12H20O/c13-12-9-5-4-8-11(12)10-6-2-1-3-7-10;13-12-8-6-11(7-9-12)10-4-2-1-3-5-10/h1-3,6-7,11H,4-5,8-9H2;10-11H,1-9H2. The SMILES string of the molecule is O=C1CCC(C2CCCCC2)CC1.O=C1CCCCC1c1ccccc1. The van der Waals surface area contributed by atoms with Gasteiger partial charge in [-0.3, -0.25) is 9.59 Å². The van der Waals surface area contributed by atoms with Gasteiger partial charge in [0.25, 0.3) is 0 Å². The molecule has 1 aromatic carbocycles. The first kappa shape index (κ1) is 19.3. The number of ketones is 2. The van der Waals surface area contributed by atoms with Crippen molar-refractivity contribution < 1.29 is 9.59 Å². The topological polar surface area (TPSA) is 34.1 Å². The minimum Gasteiger partial charge on any atom is -0.300 e. The molecule has 0 aromatic heterocycles. The highest BCUT2D eigenvalue weighted by atomic mass is 16.1. The van der Waals surface area contributed by atoms with Crippen molar-refractivity contribution in [2.45, 2.75) is 89.4 Å². The van der Waals surface area contributed by atoms with Crippen LogP contribution in [0.3, 0.4) is 0 Å². The van der Waals surface area contributed by atoms with Crippen LogP contribution in [0.5, 0.6) is 0 Å². The van der Waals surface area contributed by atoms with Crippen LogP contribution in [0.2, 0.25) is 0 Å². The molecular weight excluding hydrogens is 320 g/mol. The van der Waals surface area contributed by atoms with E-state index in [0.29, 0.717) is 11.6 Å². The zero-order valence-electron chi connectivity index (χ0n) is 16.1. The van der Waals surface area contributed by atoms with Gasteiger partial charge < -0.3 is 0 Å². The van der Waals surface area contributed by atoms with E-state index in [1.807, 2.05) is 18.2 Å². The molecule has 0 heterocycles. The molecule has 26 heavy (non-hydrogen) atoms. The molecule has 0 amide bonds. The van der Waals surface area contributed by atoms with Gasteiger partial charge in [-0.25, -0.2) is 0 Å². The molecule has 0 aliphatic heterocycles. The Kier molecular flexibility index (Phi) is 7.46. The van der Waals surface area contributed by atoms with Gasteiger partial charge in [-0.05, 0) is 43.1 Å². The van der Waals surface area contributed by atoms with Gasteiger partial charge >= 0.3 is 0 Å². The maximum absolute atomic E-state index is 11.6. The molecule has 1 aromatic rings. The molecule has 2 nitrogen and oxygen atoms in total. The van der Waals surface area contributed by atoms with Crippen molar-refractivity contribution in [2.24, 2.45) is 11.8 Å². The Morgan fingerprint density at radius 1 is 0.615 bits per heavy atom. The Morgan fingerprint density at radius 2 is 1.23 bits per heavy atom. The summed E-state index contributed by atoms with van der Waals surface area (Å²) in [4.78, 5) is 22.7. The number of hydrogen-bond acceptors (Lipinski definition) is 2. The second-order valence-corrected chi connectivity index (χ2v) is 8.45. The Morgan fingerprint density at radius 3 is 1.88 bits per heavy atom. The van der Waals surface area contributed by atoms with Crippen LogP contribution in [0.4, 0.5) is 0 Å². The molecule has 2 heteroatoms. The lowest BCUT2D eigenvalue weighted by Crippen LogP contribution is -2.23.